The van der Waals surface area contributed by atoms with Crippen LogP contribution in [0.4, 0.5) is 10.1 Å². The maximum absolute atomic E-state index is 13.0. The van der Waals surface area contributed by atoms with Gasteiger partial charge in [-0.1, -0.05) is 0 Å². The molecule has 0 bridgehead atoms. The topological polar surface area (TPSA) is 75.7 Å². The summed E-state index contributed by atoms with van der Waals surface area (Å²) < 4.78 is 43.2. The van der Waals surface area contributed by atoms with Crippen molar-refractivity contribution >= 4 is 21.6 Å². The molecule has 0 aliphatic heterocycles. The molecule has 0 saturated carbocycles. The molecule has 0 aromatic heterocycles. The smallest absolute Gasteiger partial charge is 0.243 e. The Kier molecular flexibility index (Phi) is 7.44. The molecule has 1 aromatic rings. The third kappa shape index (κ3) is 6.15. The van der Waals surface area contributed by atoms with Crippen LogP contribution in [0.3, 0.4) is 0 Å². The molecule has 6 nitrogen and oxygen atoms in total. The van der Waals surface area contributed by atoms with E-state index in [1.165, 1.54) is 19.1 Å². The van der Waals surface area contributed by atoms with Gasteiger partial charge in [-0.3, -0.25) is 9.10 Å². The lowest BCUT2D eigenvalue weighted by molar-refractivity contribution is -0.121. The number of nitrogens with zero attached hydrogens (tertiary/aromatic N) is 1. The summed E-state index contributed by atoms with van der Waals surface area (Å²) >= 11 is 0. The first-order valence-electron chi connectivity index (χ1n) is 7.37. The third-order valence-corrected chi connectivity index (χ3v) is 4.38. The molecular weight excluding hydrogens is 323 g/mol. The molecule has 0 aliphatic carbocycles. The van der Waals surface area contributed by atoms with Crippen LogP contribution in [0, 0.1) is 5.82 Å². The van der Waals surface area contributed by atoms with Crippen LogP contribution in [0.2, 0.25) is 0 Å². The minimum Gasteiger partial charge on any atom is -0.382 e. The van der Waals surface area contributed by atoms with Crippen LogP contribution in [0.15, 0.2) is 24.3 Å². The van der Waals surface area contributed by atoms with E-state index in [9.17, 15) is 17.6 Å². The molecule has 0 unspecified atom stereocenters. The number of hydrogen-bond acceptors (Lipinski definition) is 4. The number of halogens is 1. The highest BCUT2D eigenvalue weighted by atomic mass is 32.2. The van der Waals surface area contributed by atoms with Gasteiger partial charge in [-0.2, -0.15) is 0 Å². The van der Waals surface area contributed by atoms with Crippen molar-refractivity contribution in [2.45, 2.75) is 26.3 Å². The number of benzene rings is 1. The zero-order valence-corrected chi connectivity index (χ0v) is 14.4. The standard InChI is InChI=1S/C15H23FN2O4S/c1-4-22-11-5-10-17-15(19)12(2)18(23(3,20)21)14-8-6-13(16)7-9-14/h6-9,12H,4-5,10-11H2,1-3H3,(H,17,19)/t12-/m0/s1. The summed E-state index contributed by atoms with van der Waals surface area (Å²) in [4.78, 5) is 12.2. The Hall–Kier alpha value is -1.67. The number of ether oxygens (including phenoxy) is 1. The van der Waals surface area contributed by atoms with Crippen molar-refractivity contribution in [1.82, 2.24) is 5.32 Å². The number of carbonyl (C=O) groups is 1. The third-order valence-electron chi connectivity index (χ3n) is 3.14. The second-order valence-electron chi connectivity index (χ2n) is 5.05. The van der Waals surface area contributed by atoms with E-state index in [1.54, 1.807) is 0 Å². The molecule has 1 rings (SSSR count). The number of carbonyl (C=O) groups excluding carboxylic acids is 1. The first kappa shape index (κ1) is 19.4. The summed E-state index contributed by atoms with van der Waals surface area (Å²) in [6, 6.07) is 4.02. The van der Waals surface area contributed by atoms with Crippen molar-refractivity contribution in [2.75, 3.05) is 30.3 Å². The second-order valence-corrected chi connectivity index (χ2v) is 6.91. The van der Waals surface area contributed by atoms with Crippen LogP contribution in [0.5, 0.6) is 0 Å². The average molecular weight is 346 g/mol. The van der Waals surface area contributed by atoms with E-state index in [-0.39, 0.29) is 5.69 Å². The lowest BCUT2D eigenvalue weighted by atomic mass is 10.2. The predicted octanol–water partition coefficient (Wildman–Crippen LogP) is 1.52. The summed E-state index contributed by atoms with van der Waals surface area (Å²) in [5, 5.41) is 2.68. The van der Waals surface area contributed by atoms with Crippen LogP contribution in [0.1, 0.15) is 20.3 Å². The predicted molar refractivity (Wildman–Crippen MR) is 87.3 cm³/mol. The summed E-state index contributed by atoms with van der Waals surface area (Å²) in [5.74, 6) is -0.897. The molecule has 0 aliphatic rings. The van der Waals surface area contributed by atoms with Crippen molar-refractivity contribution in [1.29, 1.82) is 0 Å². The normalized spacial score (nSPS) is 12.7. The van der Waals surface area contributed by atoms with Gasteiger partial charge >= 0.3 is 0 Å². The Labute approximate surface area is 136 Å². The summed E-state index contributed by atoms with van der Waals surface area (Å²) in [7, 11) is -3.69. The quantitative estimate of drug-likeness (QED) is 0.688. The molecule has 8 heteroatoms. The molecule has 0 radical (unpaired) electrons. The molecule has 0 heterocycles. The molecule has 0 saturated heterocycles. The number of anilines is 1. The monoisotopic (exact) mass is 346 g/mol. The van der Waals surface area contributed by atoms with Gasteiger partial charge in [-0.05, 0) is 44.5 Å². The molecule has 0 spiro atoms. The molecule has 1 amide bonds. The highest BCUT2D eigenvalue weighted by Crippen LogP contribution is 2.21. The molecule has 1 aromatic carbocycles. The Morgan fingerprint density at radius 3 is 2.48 bits per heavy atom. The first-order chi connectivity index (χ1) is 10.8. The molecule has 1 N–H and O–H groups in total. The van der Waals surface area contributed by atoms with E-state index in [0.29, 0.717) is 26.2 Å². The Balaban J connectivity index is 2.79. The maximum atomic E-state index is 13.0. The maximum Gasteiger partial charge on any atom is 0.243 e. The number of amides is 1. The Morgan fingerprint density at radius 2 is 1.96 bits per heavy atom. The van der Waals surface area contributed by atoms with Gasteiger partial charge in [0.2, 0.25) is 15.9 Å². The minimum absolute atomic E-state index is 0.242. The largest absolute Gasteiger partial charge is 0.382 e. The van der Waals surface area contributed by atoms with Crippen molar-refractivity contribution in [2.24, 2.45) is 0 Å². The first-order valence-corrected chi connectivity index (χ1v) is 9.22. The van der Waals surface area contributed by atoms with Gasteiger partial charge in [-0.25, -0.2) is 12.8 Å². The fraction of sp³-hybridized carbons (Fsp3) is 0.533. The van der Waals surface area contributed by atoms with Crippen LogP contribution >= 0.6 is 0 Å². The van der Waals surface area contributed by atoms with E-state index < -0.39 is 27.8 Å². The zero-order chi connectivity index (χ0) is 17.5. The van der Waals surface area contributed by atoms with E-state index in [2.05, 4.69) is 5.32 Å². The van der Waals surface area contributed by atoms with Gasteiger partial charge in [0.25, 0.3) is 0 Å². The molecule has 0 fully saturated rings. The SMILES string of the molecule is CCOCCCNC(=O)[C@H](C)N(c1ccc(F)cc1)S(C)(=O)=O. The van der Waals surface area contributed by atoms with Gasteiger partial charge in [-0.15, -0.1) is 0 Å². The number of rotatable bonds is 9. The van der Waals surface area contributed by atoms with E-state index in [1.807, 2.05) is 6.92 Å². The fourth-order valence-electron chi connectivity index (χ4n) is 2.07. The van der Waals surface area contributed by atoms with Crippen LogP contribution < -0.4 is 9.62 Å². The number of sulfonamides is 1. The van der Waals surface area contributed by atoms with Gasteiger partial charge in [0.1, 0.15) is 11.9 Å². The zero-order valence-electron chi connectivity index (χ0n) is 13.6. The van der Waals surface area contributed by atoms with Crippen molar-refractivity contribution in [3.63, 3.8) is 0 Å². The van der Waals surface area contributed by atoms with Gasteiger partial charge in [0.05, 0.1) is 11.9 Å². The second kappa shape index (κ2) is 8.83. The Morgan fingerprint density at radius 1 is 1.35 bits per heavy atom. The molecular formula is C15H23FN2O4S. The van der Waals surface area contributed by atoms with Crippen LogP contribution in [-0.2, 0) is 19.6 Å². The minimum atomic E-state index is -3.69. The molecule has 1 atom stereocenters. The van der Waals surface area contributed by atoms with Crippen molar-refractivity contribution in [3.05, 3.63) is 30.1 Å². The van der Waals surface area contributed by atoms with Crippen LogP contribution in [0.25, 0.3) is 0 Å². The van der Waals surface area contributed by atoms with Crippen molar-refractivity contribution < 1.29 is 22.3 Å². The lowest BCUT2D eigenvalue weighted by Gasteiger charge is -2.28. The van der Waals surface area contributed by atoms with Gasteiger partial charge < -0.3 is 10.1 Å². The highest BCUT2D eigenvalue weighted by Gasteiger charge is 2.28. The summed E-state index contributed by atoms with van der Waals surface area (Å²) in [6.45, 7) is 4.90. The van der Waals surface area contributed by atoms with Gasteiger partial charge in [0, 0.05) is 19.8 Å². The van der Waals surface area contributed by atoms with Crippen LogP contribution in [-0.4, -0.2) is 46.4 Å². The molecule has 130 valence electrons. The Bertz CT molecular complexity index is 604. The summed E-state index contributed by atoms with van der Waals surface area (Å²) in [5.41, 5.74) is 0.242. The summed E-state index contributed by atoms with van der Waals surface area (Å²) in [6.07, 6.45) is 1.65. The number of hydrogen-bond donors (Lipinski definition) is 1. The molecule has 23 heavy (non-hydrogen) atoms. The van der Waals surface area contributed by atoms with E-state index in [0.717, 1.165) is 22.7 Å². The van der Waals surface area contributed by atoms with E-state index >= 15 is 0 Å². The fourth-order valence-corrected chi connectivity index (χ4v) is 3.25. The number of nitrogens with one attached hydrogen (secondary N) is 1. The lowest BCUT2D eigenvalue weighted by Crippen LogP contribution is -2.48. The average Bonchev–Trinajstić information content (AvgIpc) is 2.47. The van der Waals surface area contributed by atoms with Gasteiger partial charge in [0.15, 0.2) is 0 Å². The van der Waals surface area contributed by atoms with E-state index in [4.69, 9.17) is 4.74 Å². The highest BCUT2D eigenvalue weighted by molar-refractivity contribution is 7.92. The van der Waals surface area contributed by atoms with Crippen molar-refractivity contribution in [3.8, 4) is 0 Å².